The zero-order valence-electron chi connectivity index (χ0n) is 14.2. The molecule has 3 heterocycles. The highest BCUT2D eigenvalue weighted by Gasteiger charge is 2.58. The average molecular weight is 367 g/mol. The smallest absolute Gasteiger partial charge is 0.237 e. The van der Waals surface area contributed by atoms with E-state index >= 15 is 0 Å². The summed E-state index contributed by atoms with van der Waals surface area (Å²) in [5.41, 5.74) is 0.374. The minimum Gasteiger partial charge on any atom is -0.337 e. The Hall–Kier alpha value is -0.660. The van der Waals surface area contributed by atoms with Crippen molar-refractivity contribution in [3.05, 3.63) is 18.2 Å². The second-order valence-corrected chi connectivity index (χ2v) is 9.65. The predicted molar refractivity (Wildman–Crippen MR) is 100 cm³/mol. The number of imidazole rings is 1. The summed E-state index contributed by atoms with van der Waals surface area (Å²) < 4.78 is 2.04. The zero-order valence-corrected chi connectivity index (χ0v) is 15.9. The van der Waals surface area contributed by atoms with Crippen molar-refractivity contribution in [2.75, 3.05) is 30.3 Å². The minimum atomic E-state index is 0.128. The third-order valence-corrected chi connectivity index (χ3v) is 8.47. The summed E-state index contributed by atoms with van der Waals surface area (Å²) in [7, 11) is 2.02. The van der Waals surface area contributed by atoms with E-state index < -0.39 is 0 Å². The van der Waals surface area contributed by atoms with Crippen molar-refractivity contribution in [2.45, 2.75) is 37.1 Å². The Morgan fingerprint density at radius 1 is 1.46 bits per heavy atom. The Balaban J connectivity index is 1.53. The van der Waals surface area contributed by atoms with Gasteiger partial charge in [-0.1, -0.05) is 0 Å². The maximum Gasteiger partial charge on any atom is 0.237 e. The lowest BCUT2D eigenvalue weighted by Gasteiger charge is -2.32. The molecule has 1 spiro atoms. The number of piperidine rings is 1. The molecule has 1 saturated carbocycles. The minimum absolute atomic E-state index is 0.128. The molecule has 0 bridgehead atoms. The molecule has 1 aromatic heterocycles. The first-order valence-electron chi connectivity index (χ1n) is 8.86. The second-order valence-electron chi connectivity index (χ2n) is 7.19. The molecule has 4 rings (SSSR count). The summed E-state index contributed by atoms with van der Waals surface area (Å²) in [6, 6.07) is 0.413. The van der Waals surface area contributed by atoms with E-state index in [0.717, 1.165) is 30.4 Å². The summed E-state index contributed by atoms with van der Waals surface area (Å²) in [4.78, 5) is 19.9. The molecule has 24 heavy (non-hydrogen) atoms. The monoisotopic (exact) mass is 366 g/mol. The molecule has 0 radical (unpaired) electrons. The number of carbonyl (C=O) groups is 1. The Bertz CT molecular complexity index is 593. The van der Waals surface area contributed by atoms with Crippen molar-refractivity contribution in [2.24, 2.45) is 12.5 Å². The lowest BCUT2D eigenvalue weighted by atomic mass is 9.93. The largest absolute Gasteiger partial charge is 0.337 e. The zero-order chi connectivity index (χ0) is 16.6. The van der Waals surface area contributed by atoms with Crippen LogP contribution in [0.2, 0.25) is 0 Å². The topological polar surface area (TPSA) is 50.2 Å². The van der Waals surface area contributed by atoms with Crippen LogP contribution in [0.5, 0.6) is 0 Å². The summed E-state index contributed by atoms with van der Waals surface area (Å²) in [5.74, 6) is 4.56. The molecule has 2 atom stereocenters. The van der Waals surface area contributed by atoms with E-state index in [4.69, 9.17) is 0 Å². The van der Waals surface area contributed by atoms with Gasteiger partial charge in [0.2, 0.25) is 5.91 Å². The maximum absolute atomic E-state index is 13.3. The van der Waals surface area contributed by atoms with Crippen LogP contribution in [0.25, 0.3) is 0 Å². The van der Waals surface area contributed by atoms with Crippen LogP contribution < -0.4 is 5.32 Å². The summed E-state index contributed by atoms with van der Waals surface area (Å²) in [5, 5.41) is 3.59. The molecule has 2 unspecified atom stereocenters. The van der Waals surface area contributed by atoms with Crippen molar-refractivity contribution in [1.82, 2.24) is 19.8 Å². The van der Waals surface area contributed by atoms with Crippen molar-refractivity contribution < 1.29 is 4.79 Å². The Labute approximate surface area is 152 Å². The van der Waals surface area contributed by atoms with Crippen LogP contribution in [0.4, 0.5) is 0 Å². The number of amides is 1. The van der Waals surface area contributed by atoms with E-state index in [0.29, 0.717) is 23.9 Å². The van der Waals surface area contributed by atoms with Crippen molar-refractivity contribution in [1.29, 1.82) is 0 Å². The first kappa shape index (κ1) is 16.8. The van der Waals surface area contributed by atoms with Gasteiger partial charge in [-0.25, -0.2) is 4.98 Å². The number of rotatable bonds is 4. The number of hydrogen-bond donors (Lipinski definition) is 1. The summed E-state index contributed by atoms with van der Waals surface area (Å²) >= 11 is 3.77. The van der Waals surface area contributed by atoms with Crippen LogP contribution in [0.3, 0.4) is 0 Å². The first-order valence-corrected chi connectivity index (χ1v) is 11.1. The van der Waals surface area contributed by atoms with Gasteiger partial charge in [0, 0.05) is 42.7 Å². The maximum atomic E-state index is 13.3. The number of carbonyl (C=O) groups excluding carboxylic acids is 1. The normalized spacial score (nSPS) is 28.7. The van der Waals surface area contributed by atoms with Gasteiger partial charge in [0.15, 0.2) is 0 Å². The van der Waals surface area contributed by atoms with Gasteiger partial charge in [-0.15, -0.1) is 11.8 Å². The second kappa shape index (κ2) is 6.92. The number of aromatic nitrogens is 2. The first-order chi connectivity index (χ1) is 11.7. The van der Waals surface area contributed by atoms with Gasteiger partial charge in [-0.3, -0.25) is 4.79 Å². The van der Waals surface area contributed by atoms with Crippen LogP contribution in [0, 0.1) is 5.41 Å². The highest BCUT2D eigenvalue weighted by Crippen LogP contribution is 2.56. The van der Waals surface area contributed by atoms with Crippen LogP contribution >= 0.6 is 23.5 Å². The van der Waals surface area contributed by atoms with Crippen molar-refractivity contribution >= 4 is 29.4 Å². The van der Waals surface area contributed by atoms with Gasteiger partial charge >= 0.3 is 0 Å². The van der Waals surface area contributed by atoms with Crippen molar-refractivity contribution in [3.8, 4) is 0 Å². The van der Waals surface area contributed by atoms with Crippen molar-refractivity contribution in [3.63, 3.8) is 0 Å². The number of nitrogens with zero attached hydrogens (tertiary/aromatic N) is 3. The molecular weight excluding hydrogens is 340 g/mol. The van der Waals surface area contributed by atoms with E-state index in [-0.39, 0.29) is 5.25 Å². The summed E-state index contributed by atoms with van der Waals surface area (Å²) in [6.45, 7) is 2.84. The molecule has 7 heteroatoms. The number of thioether (sulfide) groups is 2. The van der Waals surface area contributed by atoms with E-state index in [1.54, 1.807) is 0 Å². The fraction of sp³-hybridized carbons (Fsp3) is 0.765. The molecule has 2 saturated heterocycles. The molecule has 1 aromatic rings. The molecule has 2 aliphatic heterocycles. The number of aryl methyl sites for hydroxylation is 1. The Morgan fingerprint density at radius 3 is 2.96 bits per heavy atom. The van der Waals surface area contributed by atoms with Crippen LogP contribution in [0.15, 0.2) is 12.4 Å². The lowest BCUT2D eigenvalue weighted by Crippen LogP contribution is -2.44. The fourth-order valence-corrected chi connectivity index (χ4v) is 6.70. The van der Waals surface area contributed by atoms with Gasteiger partial charge < -0.3 is 14.8 Å². The SMILES string of the molecule is Cn1ccnc1CN(C(=O)C1CSCCS1)C1CC12CCNCC2. The average Bonchev–Trinajstić information content (AvgIpc) is 3.13. The lowest BCUT2D eigenvalue weighted by molar-refractivity contribution is -0.132. The van der Waals surface area contributed by atoms with Crippen LogP contribution in [-0.4, -0.2) is 62.0 Å². The summed E-state index contributed by atoms with van der Waals surface area (Å²) in [6.07, 6.45) is 7.38. The Morgan fingerprint density at radius 2 is 2.29 bits per heavy atom. The number of hydrogen-bond acceptors (Lipinski definition) is 5. The van der Waals surface area contributed by atoms with Crippen LogP contribution in [0.1, 0.15) is 25.1 Å². The van der Waals surface area contributed by atoms with E-state index in [1.165, 1.54) is 25.0 Å². The van der Waals surface area contributed by atoms with E-state index in [1.807, 2.05) is 47.5 Å². The standard InChI is InChI=1S/C17H26N4OS2/c1-20-7-6-19-15(20)11-21(16(22)13-12-23-8-9-24-13)14-10-17(14)2-4-18-5-3-17/h6-7,13-14,18H,2-5,8-12H2,1H3. The van der Waals surface area contributed by atoms with E-state index in [2.05, 4.69) is 15.2 Å². The molecule has 0 aromatic carbocycles. The number of nitrogens with one attached hydrogen (secondary N) is 1. The highest BCUT2D eigenvalue weighted by molar-refractivity contribution is 8.07. The third kappa shape index (κ3) is 3.22. The van der Waals surface area contributed by atoms with Gasteiger partial charge in [-0.2, -0.15) is 11.8 Å². The molecule has 1 N–H and O–H groups in total. The molecular formula is C17H26N4OS2. The fourth-order valence-electron chi connectivity index (χ4n) is 4.09. The Kier molecular flexibility index (Phi) is 4.84. The van der Waals surface area contributed by atoms with Gasteiger partial charge in [-0.05, 0) is 37.8 Å². The molecule has 5 nitrogen and oxygen atoms in total. The molecule has 1 amide bonds. The van der Waals surface area contributed by atoms with E-state index in [9.17, 15) is 4.79 Å². The molecule has 132 valence electrons. The van der Waals surface area contributed by atoms with Gasteiger partial charge in [0.1, 0.15) is 5.82 Å². The van der Waals surface area contributed by atoms with Gasteiger partial charge in [0.25, 0.3) is 0 Å². The van der Waals surface area contributed by atoms with Gasteiger partial charge in [0.05, 0.1) is 11.8 Å². The molecule has 3 aliphatic rings. The molecule has 3 fully saturated rings. The molecule has 1 aliphatic carbocycles. The third-order valence-electron chi connectivity index (χ3n) is 5.73. The predicted octanol–water partition coefficient (Wildman–Crippen LogP) is 1.74. The quantitative estimate of drug-likeness (QED) is 0.880. The highest BCUT2D eigenvalue weighted by atomic mass is 32.2. The van der Waals surface area contributed by atoms with Crippen LogP contribution in [-0.2, 0) is 18.4 Å².